The molecule has 0 saturated carbocycles. The van der Waals surface area contributed by atoms with Crippen LogP contribution in [0.5, 0.6) is 5.75 Å². The molecule has 1 aliphatic rings. The van der Waals surface area contributed by atoms with Gasteiger partial charge in [-0.1, -0.05) is 17.3 Å². The Balaban J connectivity index is 1.21. The summed E-state index contributed by atoms with van der Waals surface area (Å²) in [6.07, 6.45) is -3.68. The topological polar surface area (TPSA) is 152 Å². The molecule has 2 aromatic heterocycles. The Bertz CT molecular complexity index is 1510. The lowest BCUT2D eigenvalue weighted by molar-refractivity contribution is -0.274. The molecule has 1 saturated heterocycles. The van der Waals surface area contributed by atoms with Gasteiger partial charge < -0.3 is 25.3 Å². The van der Waals surface area contributed by atoms with E-state index in [1.54, 1.807) is 4.90 Å². The third kappa shape index (κ3) is 9.91. The van der Waals surface area contributed by atoms with Crippen molar-refractivity contribution < 1.29 is 36.7 Å². The number of hydrogen-bond acceptors (Lipinski definition) is 8. The summed E-state index contributed by atoms with van der Waals surface area (Å²) in [5.41, 5.74) is 0.0648. The average Bonchev–Trinajstić information content (AvgIpc) is 3.39. The van der Waals surface area contributed by atoms with Crippen LogP contribution in [0.25, 0.3) is 0 Å². The molecule has 13 nitrogen and oxygen atoms in total. The number of pyridine rings is 1. The van der Waals surface area contributed by atoms with Crippen molar-refractivity contribution in [3.8, 4) is 5.75 Å². The van der Waals surface area contributed by atoms with Crippen LogP contribution in [0.4, 0.5) is 23.2 Å². The van der Waals surface area contributed by atoms with Crippen molar-refractivity contribution in [2.45, 2.75) is 38.6 Å². The quantitative estimate of drug-likeness (QED) is 0.258. The van der Waals surface area contributed by atoms with E-state index in [1.807, 2.05) is 0 Å². The Labute approximate surface area is 241 Å². The molecule has 0 bridgehead atoms. The molecule has 0 spiro atoms. The van der Waals surface area contributed by atoms with Crippen molar-refractivity contribution >= 4 is 23.4 Å². The first kappa shape index (κ1) is 31.1. The number of rotatable bonds is 12. The van der Waals surface area contributed by atoms with Gasteiger partial charge in [0.05, 0.1) is 25.8 Å². The number of carbonyl (C=O) groups excluding carboxylic acids is 3. The number of nitrogens with zero attached hydrogens (tertiary/aromatic N) is 5. The number of halogens is 4. The van der Waals surface area contributed by atoms with Crippen molar-refractivity contribution in [1.29, 1.82) is 0 Å². The number of amides is 3. The molecule has 1 aliphatic heterocycles. The summed E-state index contributed by atoms with van der Waals surface area (Å²) in [6, 6.07) is 7.84. The lowest BCUT2D eigenvalue weighted by Crippen LogP contribution is -2.49. The summed E-state index contributed by atoms with van der Waals surface area (Å²) in [4.78, 5) is 50.2. The van der Waals surface area contributed by atoms with E-state index in [0.29, 0.717) is 18.7 Å². The number of ether oxygens (including phenoxy) is 1. The number of nitrogens with one attached hydrogen (secondary N) is 3. The summed E-state index contributed by atoms with van der Waals surface area (Å²) in [5.74, 6) is -1.63. The predicted octanol–water partition coefficient (Wildman–Crippen LogP) is 1.07. The van der Waals surface area contributed by atoms with Crippen LogP contribution >= 0.6 is 0 Å². The van der Waals surface area contributed by atoms with E-state index < -0.39 is 29.7 Å². The van der Waals surface area contributed by atoms with Gasteiger partial charge >= 0.3 is 6.36 Å². The van der Waals surface area contributed by atoms with Gasteiger partial charge in [-0.3, -0.25) is 24.1 Å². The zero-order valence-corrected chi connectivity index (χ0v) is 22.6. The molecule has 1 aromatic carbocycles. The van der Waals surface area contributed by atoms with Gasteiger partial charge in [-0.25, -0.2) is 9.07 Å². The third-order valence-corrected chi connectivity index (χ3v) is 6.19. The van der Waals surface area contributed by atoms with Gasteiger partial charge in [0.1, 0.15) is 11.9 Å². The summed E-state index contributed by atoms with van der Waals surface area (Å²) >= 11 is 0. The number of hydrogen-bond donors (Lipinski definition) is 3. The number of aryl methyl sites for hydroxylation is 1. The van der Waals surface area contributed by atoms with Crippen LogP contribution in [0.1, 0.15) is 22.5 Å². The Hall–Kier alpha value is -4.80. The van der Waals surface area contributed by atoms with Crippen molar-refractivity contribution in [2.24, 2.45) is 0 Å². The maximum Gasteiger partial charge on any atom is 0.573 e. The van der Waals surface area contributed by atoms with Crippen LogP contribution in [0.15, 0.2) is 53.6 Å². The minimum Gasteiger partial charge on any atom is -0.406 e. The minimum atomic E-state index is -4.84. The standard InChI is InChI=1S/C26H28F4N8O5/c27-18(4-7-37-8-5-19(11-24(37)41)33-23(40)16-36-9-6-31-22(39)15-36)13-38-14-21(34-35-38)25(42)32-12-17-2-1-3-20(10-17)43-26(28,29)30/h1-3,5,8,10-11,14,18H,4,6-7,9,12-13,15-16H2,(H,31,39)(H,32,42)(H,33,40). The lowest BCUT2D eigenvalue weighted by atomic mass is 10.2. The molecule has 0 radical (unpaired) electrons. The predicted molar refractivity (Wildman–Crippen MR) is 143 cm³/mol. The maximum atomic E-state index is 14.7. The summed E-state index contributed by atoms with van der Waals surface area (Å²) < 4.78 is 58.1. The fraction of sp³-hybridized carbons (Fsp3) is 0.385. The summed E-state index contributed by atoms with van der Waals surface area (Å²) in [7, 11) is 0. The van der Waals surface area contributed by atoms with Crippen LogP contribution in [-0.2, 0) is 29.2 Å². The van der Waals surface area contributed by atoms with Crippen LogP contribution in [0.3, 0.4) is 0 Å². The van der Waals surface area contributed by atoms with Crippen molar-refractivity contribution in [3.05, 3.63) is 70.4 Å². The number of benzene rings is 1. The molecule has 1 unspecified atom stereocenters. The second kappa shape index (κ2) is 13.9. The van der Waals surface area contributed by atoms with Gasteiger partial charge in [-0.05, 0) is 30.2 Å². The Kier molecular flexibility index (Phi) is 10.1. The van der Waals surface area contributed by atoms with Crippen molar-refractivity contribution in [1.82, 2.24) is 35.1 Å². The highest BCUT2D eigenvalue weighted by molar-refractivity contribution is 5.92. The van der Waals surface area contributed by atoms with Crippen molar-refractivity contribution in [3.63, 3.8) is 0 Å². The molecule has 0 aliphatic carbocycles. The number of piperazine rings is 1. The highest BCUT2D eigenvalue weighted by Gasteiger charge is 2.31. The first-order valence-corrected chi connectivity index (χ1v) is 13.1. The molecule has 17 heteroatoms. The number of alkyl halides is 4. The molecule has 3 heterocycles. The van der Waals surface area contributed by atoms with Crippen LogP contribution in [0.2, 0.25) is 0 Å². The highest BCUT2D eigenvalue weighted by Crippen LogP contribution is 2.23. The molecule has 3 amide bonds. The molecule has 1 fully saturated rings. The normalized spacial score (nSPS) is 14.6. The first-order chi connectivity index (χ1) is 20.4. The van der Waals surface area contributed by atoms with Gasteiger partial charge in [-0.15, -0.1) is 18.3 Å². The molecule has 230 valence electrons. The van der Waals surface area contributed by atoms with E-state index in [0.717, 1.165) is 16.8 Å². The summed E-state index contributed by atoms with van der Waals surface area (Å²) in [6.45, 7) is 0.795. The van der Waals surface area contributed by atoms with E-state index in [2.05, 4.69) is 31.0 Å². The largest absolute Gasteiger partial charge is 0.573 e. The highest BCUT2D eigenvalue weighted by atomic mass is 19.4. The second-order valence-corrected chi connectivity index (χ2v) is 9.65. The van der Waals surface area contributed by atoms with Crippen molar-refractivity contribution in [2.75, 3.05) is 31.5 Å². The molecule has 3 N–H and O–H groups in total. The second-order valence-electron chi connectivity index (χ2n) is 9.65. The van der Waals surface area contributed by atoms with E-state index >= 15 is 0 Å². The fourth-order valence-electron chi connectivity index (χ4n) is 4.19. The molecule has 43 heavy (non-hydrogen) atoms. The van der Waals surface area contributed by atoms with Crippen LogP contribution in [-0.4, -0.2) is 80.9 Å². The zero-order chi connectivity index (χ0) is 31.0. The van der Waals surface area contributed by atoms with Gasteiger partial charge in [0, 0.05) is 44.1 Å². The average molecular weight is 609 g/mol. The molecule has 3 aromatic rings. The Morgan fingerprint density at radius 3 is 2.72 bits per heavy atom. The van der Waals surface area contributed by atoms with Crippen LogP contribution in [0, 0.1) is 0 Å². The first-order valence-electron chi connectivity index (χ1n) is 13.1. The Morgan fingerprint density at radius 1 is 1.16 bits per heavy atom. The van der Waals surface area contributed by atoms with Gasteiger partial charge in [0.2, 0.25) is 11.8 Å². The fourth-order valence-corrected chi connectivity index (χ4v) is 4.19. The maximum absolute atomic E-state index is 14.7. The Morgan fingerprint density at radius 2 is 1.98 bits per heavy atom. The zero-order valence-electron chi connectivity index (χ0n) is 22.6. The number of carbonyl (C=O) groups is 3. The number of anilines is 1. The molecule has 1 atom stereocenters. The third-order valence-electron chi connectivity index (χ3n) is 6.19. The van der Waals surface area contributed by atoms with Gasteiger partial charge in [0.25, 0.3) is 11.5 Å². The molecule has 4 rings (SSSR count). The monoisotopic (exact) mass is 608 g/mol. The summed E-state index contributed by atoms with van der Waals surface area (Å²) in [5, 5.41) is 15.2. The van der Waals surface area contributed by atoms with E-state index in [-0.39, 0.29) is 62.3 Å². The molecular weight excluding hydrogens is 580 g/mol. The van der Waals surface area contributed by atoms with Crippen LogP contribution < -0.4 is 26.2 Å². The molecular formula is C26H28F4N8O5. The van der Waals surface area contributed by atoms with Gasteiger partial charge in [-0.2, -0.15) is 0 Å². The van der Waals surface area contributed by atoms with Gasteiger partial charge in [0.15, 0.2) is 5.69 Å². The van der Waals surface area contributed by atoms with E-state index in [9.17, 15) is 36.7 Å². The van der Waals surface area contributed by atoms with E-state index in [4.69, 9.17) is 0 Å². The van der Waals surface area contributed by atoms with E-state index in [1.165, 1.54) is 41.2 Å². The SMILES string of the molecule is O=C1CN(CC(=O)Nc2ccn(CCC(F)Cn3cc(C(=O)NCc4cccc(OC(F)(F)F)c4)nn3)c(=O)c2)CCN1. The minimum absolute atomic E-state index is 0.000351. The number of aromatic nitrogens is 4. The lowest BCUT2D eigenvalue weighted by Gasteiger charge is -2.25. The smallest absolute Gasteiger partial charge is 0.406 e.